The fourth-order valence-corrected chi connectivity index (χ4v) is 3.19. The number of carbonyl (C=O) groups excluding carboxylic acids is 3. The Labute approximate surface area is 149 Å². The molecule has 6 heteroatoms. The standard InChI is InChI=1S/C20H17N3O3/c24-18(22-14-8-7-13-9-10-21-17(13)12-14)6-3-11-23-19(25)15-4-1-2-5-16(15)20(23)26/h1-2,4-5,7-10,12,21H,3,6,11H2,(H,22,24). The summed E-state index contributed by atoms with van der Waals surface area (Å²) in [5, 5.41) is 3.92. The number of H-pyrrole nitrogens is 1. The molecule has 1 aliphatic rings. The summed E-state index contributed by atoms with van der Waals surface area (Å²) in [5.41, 5.74) is 2.53. The van der Waals surface area contributed by atoms with E-state index in [4.69, 9.17) is 0 Å². The molecule has 3 aromatic rings. The maximum absolute atomic E-state index is 12.3. The second kappa shape index (κ2) is 6.48. The molecule has 0 unspecified atom stereocenters. The minimum Gasteiger partial charge on any atom is -0.361 e. The lowest BCUT2D eigenvalue weighted by molar-refractivity contribution is -0.116. The lowest BCUT2D eigenvalue weighted by atomic mass is 10.1. The Hall–Kier alpha value is -3.41. The number of nitrogens with zero attached hydrogens (tertiary/aromatic N) is 1. The summed E-state index contributed by atoms with van der Waals surface area (Å²) in [7, 11) is 0. The summed E-state index contributed by atoms with van der Waals surface area (Å²) >= 11 is 0. The van der Waals surface area contributed by atoms with E-state index in [2.05, 4.69) is 10.3 Å². The third-order valence-electron chi connectivity index (χ3n) is 4.50. The fraction of sp³-hybridized carbons (Fsp3) is 0.150. The minimum absolute atomic E-state index is 0.146. The van der Waals surface area contributed by atoms with Crippen LogP contribution in [-0.2, 0) is 4.79 Å². The van der Waals surface area contributed by atoms with Crippen LogP contribution < -0.4 is 5.32 Å². The van der Waals surface area contributed by atoms with Gasteiger partial charge in [-0.2, -0.15) is 0 Å². The summed E-state index contributed by atoms with van der Waals surface area (Å²) in [6, 6.07) is 14.4. The molecular formula is C20H17N3O3. The first-order valence-corrected chi connectivity index (χ1v) is 8.46. The minimum atomic E-state index is -0.289. The first-order chi connectivity index (χ1) is 12.6. The van der Waals surface area contributed by atoms with Gasteiger partial charge in [0.15, 0.2) is 0 Å². The van der Waals surface area contributed by atoms with E-state index in [0.29, 0.717) is 23.2 Å². The number of carbonyl (C=O) groups is 3. The van der Waals surface area contributed by atoms with Crippen molar-refractivity contribution < 1.29 is 14.4 Å². The normalized spacial score (nSPS) is 13.3. The monoisotopic (exact) mass is 347 g/mol. The lowest BCUT2D eigenvalue weighted by Gasteiger charge is -2.13. The van der Waals surface area contributed by atoms with Gasteiger partial charge in [-0.15, -0.1) is 0 Å². The van der Waals surface area contributed by atoms with Crippen LogP contribution in [0, 0.1) is 0 Å². The van der Waals surface area contributed by atoms with E-state index < -0.39 is 0 Å². The predicted octanol–water partition coefficient (Wildman–Crippen LogP) is 3.18. The van der Waals surface area contributed by atoms with Crippen LogP contribution in [0.5, 0.6) is 0 Å². The van der Waals surface area contributed by atoms with Crippen LogP contribution in [0.1, 0.15) is 33.6 Å². The van der Waals surface area contributed by atoms with Crippen molar-refractivity contribution in [3.63, 3.8) is 0 Å². The average Bonchev–Trinajstić information content (AvgIpc) is 3.20. The summed E-state index contributed by atoms with van der Waals surface area (Å²) in [6.07, 6.45) is 2.50. The number of amides is 3. The van der Waals surface area contributed by atoms with Gasteiger partial charge in [-0.05, 0) is 42.1 Å². The van der Waals surface area contributed by atoms with E-state index in [1.807, 2.05) is 30.5 Å². The number of imide groups is 1. The van der Waals surface area contributed by atoms with Crippen molar-refractivity contribution in [1.82, 2.24) is 9.88 Å². The first kappa shape index (κ1) is 16.1. The molecule has 26 heavy (non-hydrogen) atoms. The number of anilines is 1. The summed E-state index contributed by atoms with van der Waals surface area (Å²) in [5.74, 6) is -0.723. The third-order valence-corrected chi connectivity index (χ3v) is 4.50. The molecule has 0 bridgehead atoms. The summed E-state index contributed by atoms with van der Waals surface area (Å²) in [4.78, 5) is 41.0. The Bertz CT molecular complexity index is 987. The molecule has 1 aliphatic heterocycles. The van der Waals surface area contributed by atoms with Crippen LogP contribution in [0.15, 0.2) is 54.7 Å². The number of hydrogen-bond donors (Lipinski definition) is 2. The number of nitrogens with one attached hydrogen (secondary N) is 2. The Balaban J connectivity index is 1.33. The maximum atomic E-state index is 12.3. The van der Waals surface area contributed by atoms with Gasteiger partial charge in [0, 0.05) is 30.4 Å². The average molecular weight is 347 g/mol. The number of benzene rings is 2. The van der Waals surface area contributed by atoms with Gasteiger partial charge in [-0.1, -0.05) is 18.2 Å². The van der Waals surface area contributed by atoms with Gasteiger partial charge in [0.2, 0.25) is 5.91 Å². The molecule has 2 N–H and O–H groups in total. The van der Waals surface area contributed by atoms with Crippen LogP contribution in [-0.4, -0.2) is 34.2 Å². The van der Waals surface area contributed by atoms with Crippen LogP contribution in [0.2, 0.25) is 0 Å². The highest BCUT2D eigenvalue weighted by Gasteiger charge is 2.34. The Kier molecular flexibility index (Phi) is 4.01. The van der Waals surface area contributed by atoms with Gasteiger partial charge in [0.05, 0.1) is 11.1 Å². The molecule has 0 saturated carbocycles. The van der Waals surface area contributed by atoms with Crippen LogP contribution >= 0.6 is 0 Å². The van der Waals surface area contributed by atoms with Crippen LogP contribution in [0.3, 0.4) is 0 Å². The third kappa shape index (κ3) is 2.86. The summed E-state index contributed by atoms with van der Waals surface area (Å²) in [6.45, 7) is 0.232. The first-order valence-electron chi connectivity index (χ1n) is 8.46. The highest BCUT2D eigenvalue weighted by atomic mass is 16.2. The fourth-order valence-electron chi connectivity index (χ4n) is 3.19. The largest absolute Gasteiger partial charge is 0.361 e. The topological polar surface area (TPSA) is 82.3 Å². The number of aromatic amines is 1. The second-order valence-corrected chi connectivity index (χ2v) is 6.24. The molecule has 6 nitrogen and oxygen atoms in total. The lowest BCUT2D eigenvalue weighted by Crippen LogP contribution is -2.31. The highest BCUT2D eigenvalue weighted by Crippen LogP contribution is 2.23. The Morgan fingerprint density at radius 1 is 1.00 bits per heavy atom. The number of rotatable bonds is 5. The molecular weight excluding hydrogens is 330 g/mol. The van der Waals surface area contributed by atoms with Gasteiger partial charge < -0.3 is 10.3 Å². The van der Waals surface area contributed by atoms with Gasteiger partial charge in [-0.25, -0.2) is 0 Å². The van der Waals surface area contributed by atoms with Crippen LogP contribution in [0.4, 0.5) is 5.69 Å². The molecule has 1 aromatic heterocycles. The molecule has 0 spiro atoms. The molecule has 0 atom stereocenters. The smallest absolute Gasteiger partial charge is 0.261 e. The Morgan fingerprint density at radius 3 is 2.46 bits per heavy atom. The molecule has 3 amide bonds. The maximum Gasteiger partial charge on any atom is 0.261 e. The van der Waals surface area contributed by atoms with E-state index in [1.54, 1.807) is 24.3 Å². The number of aromatic nitrogens is 1. The van der Waals surface area contributed by atoms with E-state index in [1.165, 1.54) is 4.90 Å². The van der Waals surface area contributed by atoms with E-state index in [-0.39, 0.29) is 30.7 Å². The van der Waals surface area contributed by atoms with Crippen molar-refractivity contribution in [1.29, 1.82) is 0 Å². The van der Waals surface area contributed by atoms with Crippen molar-refractivity contribution in [2.24, 2.45) is 0 Å². The van der Waals surface area contributed by atoms with Crippen molar-refractivity contribution in [2.45, 2.75) is 12.8 Å². The number of hydrogen-bond acceptors (Lipinski definition) is 3. The molecule has 0 saturated heterocycles. The van der Waals surface area contributed by atoms with Gasteiger partial charge in [-0.3, -0.25) is 19.3 Å². The SMILES string of the molecule is O=C(CCCN1C(=O)c2ccccc2C1=O)Nc1ccc2cc[nH]c2c1. The van der Waals surface area contributed by atoms with E-state index >= 15 is 0 Å². The zero-order chi connectivity index (χ0) is 18.1. The molecule has 2 heterocycles. The molecule has 4 rings (SSSR count). The van der Waals surface area contributed by atoms with Crippen LogP contribution in [0.25, 0.3) is 10.9 Å². The van der Waals surface area contributed by atoms with Crippen molar-refractivity contribution in [2.75, 3.05) is 11.9 Å². The zero-order valence-corrected chi connectivity index (χ0v) is 14.0. The van der Waals surface area contributed by atoms with Crippen molar-refractivity contribution in [3.8, 4) is 0 Å². The quantitative estimate of drug-likeness (QED) is 0.696. The molecule has 2 aromatic carbocycles. The van der Waals surface area contributed by atoms with Gasteiger partial charge in [0.1, 0.15) is 0 Å². The molecule has 0 radical (unpaired) electrons. The highest BCUT2D eigenvalue weighted by molar-refractivity contribution is 6.21. The van der Waals surface area contributed by atoms with Crippen molar-refractivity contribution >= 4 is 34.3 Å². The molecule has 0 fully saturated rings. The molecule has 0 aliphatic carbocycles. The van der Waals surface area contributed by atoms with Gasteiger partial charge in [0.25, 0.3) is 11.8 Å². The van der Waals surface area contributed by atoms with E-state index in [0.717, 1.165) is 10.9 Å². The predicted molar refractivity (Wildman–Crippen MR) is 98.0 cm³/mol. The van der Waals surface area contributed by atoms with E-state index in [9.17, 15) is 14.4 Å². The number of fused-ring (bicyclic) bond motifs is 2. The Morgan fingerprint density at radius 2 is 1.73 bits per heavy atom. The van der Waals surface area contributed by atoms with Gasteiger partial charge >= 0.3 is 0 Å². The van der Waals surface area contributed by atoms with Crippen molar-refractivity contribution in [3.05, 3.63) is 65.9 Å². The molecule has 130 valence electrons. The summed E-state index contributed by atoms with van der Waals surface area (Å²) < 4.78 is 0. The zero-order valence-electron chi connectivity index (χ0n) is 14.0. The second-order valence-electron chi connectivity index (χ2n) is 6.24.